The van der Waals surface area contributed by atoms with Crippen molar-refractivity contribution < 1.29 is 5.11 Å². The second kappa shape index (κ2) is 2.52. The normalized spacial score (nSPS) is 10.5. The van der Waals surface area contributed by atoms with E-state index in [1.165, 1.54) is 12.1 Å². The number of fused-ring (bicyclic) bond motifs is 1. The lowest BCUT2D eigenvalue weighted by Crippen LogP contribution is -2.10. The number of H-pyrrole nitrogens is 1. The summed E-state index contributed by atoms with van der Waals surface area (Å²) in [5.41, 5.74) is 5.60. The van der Waals surface area contributed by atoms with Gasteiger partial charge in [0.2, 0.25) is 0 Å². The van der Waals surface area contributed by atoms with Crippen molar-refractivity contribution in [3.63, 3.8) is 0 Å². The predicted molar refractivity (Wildman–Crippen MR) is 50.6 cm³/mol. The Kier molecular flexibility index (Phi) is 1.48. The standard InChI is InChI=1S/C9H8N2O2/c10-6-4-5-2-1-3-7(12)8(5)11-9(6)13/h1-4,12H,10H2,(H,11,13). The Bertz CT molecular complexity index is 516. The summed E-state index contributed by atoms with van der Waals surface area (Å²) in [6.07, 6.45) is 0. The third kappa shape index (κ3) is 1.12. The highest BCUT2D eigenvalue weighted by Gasteiger charge is 2.01. The van der Waals surface area contributed by atoms with E-state index in [0.29, 0.717) is 5.52 Å². The Morgan fingerprint density at radius 2 is 2.15 bits per heavy atom. The second-order valence-corrected chi connectivity index (χ2v) is 2.80. The van der Waals surface area contributed by atoms with Crippen LogP contribution >= 0.6 is 0 Å². The largest absolute Gasteiger partial charge is 0.506 e. The van der Waals surface area contributed by atoms with E-state index in [1.807, 2.05) is 0 Å². The summed E-state index contributed by atoms with van der Waals surface area (Å²) in [6.45, 7) is 0. The summed E-state index contributed by atoms with van der Waals surface area (Å²) in [6, 6.07) is 6.50. The van der Waals surface area contributed by atoms with Crippen molar-refractivity contribution in [1.82, 2.24) is 4.98 Å². The van der Waals surface area contributed by atoms with Gasteiger partial charge >= 0.3 is 0 Å². The van der Waals surface area contributed by atoms with E-state index in [0.717, 1.165) is 5.39 Å². The molecule has 2 aromatic rings. The number of aromatic amines is 1. The number of aromatic nitrogens is 1. The number of anilines is 1. The van der Waals surface area contributed by atoms with Gasteiger partial charge in [0.15, 0.2) is 0 Å². The molecule has 0 spiro atoms. The molecule has 0 radical (unpaired) electrons. The van der Waals surface area contributed by atoms with Crippen molar-refractivity contribution in [3.05, 3.63) is 34.6 Å². The summed E-state index contributed by atoms with van der Waals surface area (Å²) < 4.78 is 0. The average Bonchev–Trinajstić information content (AvgIpc) is 2.09. The van der Waals surface area contributed by atoms with E-state index >= 15 is 0 Å². The Morgan fingerprint density at radius 3 is 2.92 bits per heavy atom. The van der Waals surface area contributed by atoms with Crippen LogP contribution in [-0.2, 0) is 0 Å². The first-order valence-corrected chi connectivity index (χ1v) is 3.79. The molecular weight excluding hydrogens is 168 g/mol. The van der Waals surface area contributed by atoms with E-state index in [4.69, 9.17) is 5.73 Å². The molecule has 0 saturated carbocycles. The number of nitrogens with one attached hydrogen (secondary N) is 1. The quantitative estimate of drug-likeness (QED) is 0.555. The highest BCUT2D eigenvalue weighted by atomic mass is 16.3. The second-order valence-electron chi connectivity index (χ2n) is 2.80. The molecule has 4 N–H and O–H groups in total. The minimum absolute atomic E-state index is 0.0506. The highest BCUT2D eigenvalue weighted by Crippen LogP contribution is 2.21. The van der Waals surface area contributed by atoms with Crippen LogP contribution in [0.5, 0.6) is 5.75 Å². The molecule has 0 aliphatic rings. The number of rotatable bonds is 0. The zero-order valence-electron chi connectivity index (χ0n) is 6.74. The van der Waals surface area contributed by atoms with Crippen molar-refractivity contribution in [2.75, 3.05) is 5.73 Å². The van der Waals surface area contributed by atoms with Crippen LogP contribution in [0.25, 0.3) is 10.9 Å². The molecule has 0 fully saturated rings. The Balaban J connectivity index is 2.97. The number of phenolic OH excluding ortho intramolecular Hbond substituents is 1. The van der Waals surface area contributed by atoms with Crippen LogP contribution in [0.1, 0.15) is 0 Å². The van der Waals surface area contributed by atoms with Crippen LogP contribution in [0, 0.1) is 0 Å². The number of nitrogens with two attached hydrogens (primary N) is 1. The van der Waals surface area contributed by atoms with Gasteiger partial charge in [-0.2, -0.15) is 0 Å². The first-order valence-electron chi connectivity index (χ1n) is 3.79. The zero-order chi connectivity index (χ0) is 9.42. The molecule has 66 valence electrons. The molecule has 0 saturated heterocycles. The van der Waals surface area contributed by atoms with Crippen LogP contribution in [0.15, 0.2) is 29.1 Å². The minimum Gasteiger partial charge on any atom is -0.506 e. The number of benzene rings is 1. The number of para-hydroxylation sites is 1. The lowest BCUT2D eigenvalue weighted by molar-refractivity contribution is 0.480. The van der Waals surface area contributed by atoms with Gasteiger partial charge in [0.25, 0.3) is 5.56 Å². The first kappa shape index (κ1) is 7.67. The van der Waals surface area contributed by atoms with Crippen molar-refractivity contribution in [3.8, 4) is 5.75 Å². The maximum atomic E-state index is 11.1. The molecule has 13 heavy (non-hydrogen) atoms. The molecule has 0 aliphatic heterocycles. The molecule has 0 bridgehead atoms. The number of nitrogen functional groups attached to an aromatic ring is 1. The zero-order valence-corrected chi connectivity index (χ0v) is 6.74. The summed E-state index contributed by atoms with van der Waals surface area (Å²) in [5, 5.41) is 10.1. The number of pyridine rings is 1. The lowest BCUT2D eigenvalue weighted by atomic mass is 10.2. The van der Waals surface area contributed by atoms with Crippen molar-refractivity contribution >= 4 is 16.6 Å². The number of hydrogen-bond acceptors (Lipinski definition) is 3. The number of aromatic hydroxyl groups is 1. The Labute approximate surface area is 73.6 Å². The molecule has 0 unspecified atom stereocenters. The smallest absolute Gasteiger partial charge is 0.271 e. The fourth-order valence-electron chi connectivity index (χ4n) is 1.23. The van der Waals surface area contributed by atoms with Gasteiger partial charge in [-0.3, -0.25) is 4.79 Å². The average molecular weight is 176 g/mol. The van der Waals surface area contributed by atoms with Crippen molar-refractivity contribution in [1.29, 1.82) is 0 Å². The Hall–Kier alpha value is -1.97. The third-order valence-electron chi connectivity index (χ3n) is 1.89. The summed E-state index contributed by atoms with van der Waals surface area (Å²) >= 11 is 0. The first-order chi connectivity index (χ1) is 6.18. The monoisotopic (exact) mass is 176 g/mol. The minimum atomic E-state index is -0.381. The molecule has 1 aromatic heterocycles. The van der Waals surface area contributed by atoms with Crippen molar-refractivity contribution in [2.45, 2.75) is 0 Å². The fourth-order valence-corrected chi connectivity index (χ4v) is 1.23. The Morgan fingerprint density at radius 1 is 1.38 bits per heavy atom. The van der Waals surface area contributed by atoms with E-state index in [2.05, 4.69) is 4.98 Å². The van der Waals surface area contributed by atoms with Crippen LogP contribution in [0.3, 0.4) is 0 Å². The lowest BCUT2D eigenvalue weighted by Gasteiger charge is -2.00. The topological polar surface area (TPSA) is 79.1 Å². The van der Waals surface area contributed by atoms with Gasteiger partial charge in [-0.1, -0.05) is 12.1 Å². The molecule has 1 aromatic carbocycles. The van der Waals surface area contributed by atoms with Gasteiger partial charge in [-0.15, -0.1) is 0 Å². The van der Waals surface area contributed by atoms with Gasteiger partial charge in [0.1, 0.15) is 5.75 Å². The van der Waals surface area contributed by atoms with Gasteiger partial charge in [0, 0.05) is 5.39 Å². The van der Waals surface area contributed by atoms with Crippen LogP contribution < -0.4 is 11.3 Å². The molecule has 1 heterocycles. The highest BCUT2D eigenvalue weighted by molar-refractivity contribution is 5.85. The summed E-state index contributed by atoms with van der Waals surface area (Å²) in [4.78, 5) is 13.6. The molecular formula is C9H8N2O2. The fraction of sp³-hybridized carbons (Fsp3) is 0. The maximum absolute atomic E-state index is 11.1. The molecule has 0 amide bonds. The van der Waals surface area contributed by atoms with Crippen LogP contribution in [0.2, 0.25) is 0 Å². The molecule has 0 aliphatic carbocycles. The third-order valence-corrected chi connectivity index (χ3v) is 1.89. The van der Waals surface area contributed by atoms with E-state index < -0.39 is 0 Å². The predicted octanol–water partition coefficient (Wildman–Crippen LogP) is 0.816. The van der Waals surface area contributed by atoms with E-state index in [1.54, 1.807) is 12.1 Å². The van der Waals surface area contributed by atoms with Gasteiger partial charge in [-0.25, -0.2) is 0 Å². The van der Waals surface area contributed by atoms with Gasteiger partial charge in [-0.05, 0) is 12.1 Å². The molecule has 4 nitrogen and oxygen atoms in total. The molecule has 2 rings (SSSR count). The van der Waals surface area contributed by atoms with Crippen LogP contribution in [-0.4, -0.2) is 10.1 Å². The van der Waals surface area contributed by atoms with E-state index in [9.17, 15) is 9.90 Å². The van der Waals surface area contributed by atoms with Crippen molar-refractivity contribution in [2.24, 2.45) is 0 Å². The number of hydrogen-bond donors (Lipinski definition) is 3. The van der Waals surface area contributed by atoms with Gasteiger partial charge in [0.05, 0.1) is 11.2 Å². The summed E-state index contributed by atoms with van der Waals surface area (Å²) in [7, 11) is 0. The SMILES string of the molecule is Nc1cc2cccc(O)c2[nH]c1=O. The summed E-state index contributed by atoms with van der Waals surface area (Å²) in [5.74, 6) is 0.0506. The molecule has 4 heteroatoms. The van der Waals surface area contributed by atoms with E-state index in [-0.39, 0.29) is 17.0 Å². The van der Waals surface area contributed by atoms with Crippen LogP contribution in [0.4, 0.5) is 5.69 Å². The van der Waals surface area contributed by atoms with Gasteiger partial charge < -0.3 is 15.8 Å². The maximum Gasteiger partial charge on any atom is 0.271 e. The molecule has 0 atom stereocenters. The number of phenols is 1.